The first kappa shape index (κ1) is 10.7. The lowest BCUT2D eigenvalue weighted by Crippen LogP contribution is -2.41. The monoisotopic (exact) mass is 245 g/mol. The smallest absolute Gasteiger partial charge is 0.253 e. The molecule has 0 aromatic heterocycles. The Balaban J connectivity index is 2.35. The molecule has 1 heterocycles. The molecule has 1 fully saturated rings. The minimum atomic E-state index is -0.0922. The molecule has 2 rings (SSSR count). The van der Waals surface area contributed by atoms with E-state index in [4.69, 9.17) is 27.9 Å². The third-order valence-corrected chi connectivity index (χ3v) is 3.02. The highest BCUT2D eigenvalue weighted by molar-refractivity contribution is 6.44. The molecular weight excluding hydrogens is 237 g/mol. The molecule has 0 N–H and O–H groups in total. The number of amides is 1. The number of carbonyl (C=O) groups is 1. The lowest BCUT2D eigenvalue weighted by Gasteiger charge is -2.27. The molecule has 1 aromatic carbocycles. The summed E-state index contributed by atoms with van der Waals surface area (Å²) < 4.78 is 5.04. The fourth-order valence-electron chi connectivity index (χ4n) is 1.47. The van der Waals surface area contributed by atoms with Crippen LogP contribution in [-0.2, 0) is 9.53 Å². The van der Waals surface area contributed by atoms with Gasteiger partial charge in [0.1, 0.15) is 6.61 Å². The molecule has 80 valence electrons. The van der Waals surface area contributed by atoms with Crippen molar-refractivity contribution in [3.8, 4) is 0 Å². The quantitative estimate of drug-likeness (QED) is 0.761. The van der Waals surface area contributed by atoms with Crippen LogP contribution in [0.2, 0.25) is 10.0 Å². The highest BCUT2D eigenvalue weighted by Crippen LogP contribution is 2.32. The predicted octanol–water partition coefficient (Wildman–Crippen LogP) is 2.36. The van der Waals surface area contributed by atoms with Crippen LogP contribution in [0.4, 0.5) is 5.69 Å². The van der Waals surface area contributed by atoms with Crippen LogP contribution in [0.3, 0.4) is 0 Å². The van der Waals surface area contributed by atoms with Crippen LogP contribution in [0.15, 0.2) is 18.2 Å². The summed E-state index contributed by atoms with van der Waals surface area (Å²) in [5.74, 6) is -0.0922. The summed E-state index contributed by atoms with van der Waals surface area (Å²) in [4.78, 5) is 13.2. The van der Waals surface area contributed by atoms with Gasteiger partial charge in [-0.25, -0.2) is 0 Å². The van der Waals surface area contributed by atoms with Gasteiger partial charge < -0.3 is 9.64 Å². The van der Waals surface area contributed by atoms with Crippen LogP contribution < -0.4 is 4.90 Å². The van der Waals surface area contributed by atoms with Gasteiger partial charge in [0, 0.05) is 6.54 Å². The van der Waals surface area contributed by atoms with Crippen LogP contribution in [0.1, 0.15) is 0 Å². The van der Waals surface area contributed by atoms with Gasteiger partial charge in [-0.3, -0.25) is 4.79 Å². The Morgan fingerprint density at radius 1 is 1.33 bits per heavy atom. The largest absolute Gasteiger partial charge is 0.370 e. The normalized spacial score (nSPS) is 16.9. The maximum absolute atomic E-state index is 11.6. The Hall–Kier alpha value is -0.770. The van der Waals surface area contributed by atoms with Crippen molar-refractivity contribution in [3.05, 3.63) is 28.2 Å². The second-order valence-electron chi connectivity index (χ2n) is 3.17. The average Bonchev–Trinajstić information content (AvgIpc) is 2.23. The molecule has 0 aliphatic carbocycles. The third-order valence-electron chi connectivity index (χ3n) is 2.21. The maximum atomic E-state index is 11.6. The van der Waals surface area contributed by atoms with Gasteiger partial charge in [-0.15, -0.1) is 0 Å². The number of nitrogens with zero attached hydrogens (tertiary/aromatic N) is 1. The average molecular weight is 246 g/mol. The Morgan fingerprint density at radius 2 is 2.13 bits per heavy atom. The number of rotatable bonds is 1. The summed E-state index contributed by atoms with van der Waals surface area (Å²) >= 11 is 11.9. The fraction of sp³-hybridized carbons (Fsp3) is 0.300. The molecule has 1 aliphatic heterocycles. The van der Waals surface area contributed by atoms with Gasteiger partial charge in [0.2, 0.25) is 0 Å². The first-order valence-electron chi connectivity index (χ1n) is 4.52. The van der Waals surface area contributed by atoms with Crippen molar-refractivity contribution in [1.29, 1.82) is 0 Å². The molecular formula is C10H9Cl2NO2. The van der Waals surface area contributed by atoms with Crippen molar-refractivity contribution < 1.29 is 9.53 Å². The SMILES string of the molecule is O=C1COCCN1c1cccc(Cl)c1Cl. The zero-order valence-electron chi connectivity index (χ0n) is 7.87. The molecule has 0 saturated carbocycles. The molecule has 3 nitrogen and oxygen atoms in total. The van der Waals surface area contributed by atoms with E-state index in [1.807, 2.05) is 0 Å². The van der Waals surface area contributed by atoms with Gasteiger partial charge in [0.15, 0.2) is 0 Å². The number of anilines is 1. The fourth-order valence-corrected chi connectivity index (χ4v) is 1.87. The molecule has 1 amide bonds. The molecule has 0 bridgehead atoms. The van der Waals surface area contributed by atoms with Crippen LogP contribution in [0.5, 0.6) is 0 Å². The molecule has 1 saturated heterocycles. The Kier molecular flexibility index (Phi) is 3.14. The first-order valence-corrected chi connectivity index (χ1v) is 5.28. The Morgan fingerprint density at radius 3 is 2.87 bits per heavy atom. The second-order valence-corrected chi connectivity index (χ2v) is 3.96. The first-order chi connectivity index (χ1) is 7.20. The van der Waals surface area contributed by atoms with Gasteiger partial charge >= 0.3 is 0 Å². The molecule has 0 atom stereocenters. The van der Waals surface area contributed by atoms with Crippen LogP contribution >= 0.6 is 23.2 Å². The van der Waals surface area contributed by atoms with E-state index in [2.05, 4.69) is 0 Å². The van der Waals surface area contributed by atoms with Crippen molar-refractivity contribution in [2.75, 3.05) is 24.7 Å². The van der Waals surface area contributed by atoms with Gasteiger partial charge in [0.05, 0.1) is 22.3 Å². The summed E-state index contributed by atoms with van der Waals surface area (Å²) in [7, 11) is 0. The summed E-state index contributed by atoms with van der Waals surface area (Å²) in [5.41, 5.74) is 0.650. The minimum Gasteiger partial charge on any atom is -0.370 e. The molecule has 5 heteroatoms. The second kappa shape index (κ2) is 4.39. The molecule has 0 unspecified atom stereocenters. The van der Waals surface area contributed by atoms with E-state index in [1.165, 1.54) is 0 Å². The van der Waals surface area contributed by atoms with Crippen molar-refractivity contribution in [3.63, 3.8) is 0 Å². The maximum Gasteiger partial charge on any atom is 0.253 e. The van der Waals surface area contributed by atoms with E-state index < -0.39 is 0 Å². The van der Waals surface area contributed by atoms with Crippen LogP contribution in [0.25, 0.3) is 0 Å². The van der Waals surface area contributed by atoms with E-state index in [0.717, 1.165) is 0 Å². The summed E-state index contributed by atoms with van der Waals surface area (Å²) in [6.45, 7) is 1.14. The van der Waals surface area contributed by atoms with Gasteiger partial charge in [-0.1, -0.05) is 29.3 Å². The predicted molar refractivity (Wildman–Crippen MR) is 59.6 cm³/mol. The van der Waals surface area contributed by atoms with Crippen molar-refractivity contribution in [2.24, 2.45) is 0 Å². The summed E-state index contributed by atoms with van der Waals surface area (Å²) in [6.07, 6.45) is 0. The van der Waals surface area contributed by atoms with Gasteiger partial charge in [-0.05, 0) is 12.1 Å². The zero-order chi connectivity index (χ0) is 10.8. The standard InChI is InChI=1S/C10H9Cl2NO2/c11-7-2-1-3-8(10(7)12)13-4-5-15-6-9(13)14/h1-3H,4-6H2. The number of benzene rings is 1. The molecule has 1 aromatic rings. The number of carbonyl (C=O) groups excluding carboxylic acids is 1. The number of hydrogen-bond donors (Lipinski definition) is 0. The molecule has 1 aliphatic rings. The van der Waals surface area contributed by atoms with Gasteiger partial charge in [-0.2, -0.15) is 0 Å². The lowest BCUT2D eigenvalue weighted by atomic mass is 10.2. The Labute approximate surface area is 97.5 Å². The number of ether oxygens (including phenoxy) is 1. The number of hydrogen-bond acceptors (Lipinski definition) is 2. The van der Waals surface area contributed by atoms with Crippen molar-refractivity contribution in [2.45, 2.75) is 0 Å². The van der Waals surface area contributed by atoms with Gasteiger partial charge in [0.25, 0.3) is 5.91 Å². The third kappa shape index (κ3) is 2.09. The van der Waals surface area contributed by atoms with E-state index >= 15 is 0 Å². The molecule has 15 heavy (non-hydrogen) atoms. The van der Waals surface area contributed by atoms with E-state index in [1.54, 1.807) is 23.1 Å². The molecule has 0 radical (unpaired) electrons. The van der Waals surface area contributed by atoms with Crippen LogP contribution in [-0.4, -0.2) is 25.7 Å². The van der Waals surface area contributed by atoms with Crippen molar-refractivity contribution in [1.82, 2.24) is 0 Å². The highest BCUT2D eigenvalue weighted by atomic mass is 35.5. The van der Waals surface area contributed by atoms with Crippen LogP contribution in [0, 0.1) is 0 Å². The topological polar surface area (TPSA) is 29.5 Å². The van der Waals surface area contributed by atoms with Crippen molar-refractivity contribution >= 4 is 34.8 Å². The van der Waals surface area contributed by atoms with E-state index in [9.17, 15) is 4.79 Å². The minimum absolute atomic E-state index is 0.0922. The van der Waals surface area contributed by atoms with E-state index in [-0.39, 0.29) is 12.5 Å². The number of morpholine rings is 1. The number of halogens is 2. The van der Waals surface area contributed by atoms with E-state index in [0.29, 0.717) is 28.9 Å². The Bertz CT molecular complexity index is 395. The summed E-state index contributed by atoms with van der Waals surface area (Å²) in [5, 5.41) is 0.864. The summed E-state index contributed by atoms with van der Waals surface area (Å²) in [6, 6.07) is 5.24. The molecule has 0 spiro atoms. The lowest BCUT2D eigenvalue weighted by molar-refractivity contribution is -0.125. The zero-order valence-corrected chi connectivity index (χ0v) is 9.38. The highest BCUT2D eigenvalue weighted by Gasteiger charge is 2.22.